The number of amides is 1. The summed E-state index contributed by atoms with van der Waals surface area (Å²) in [5.41, 5.74) is 2.44. The van der Waals surface area contributed by atoms with E-state index in [1.54, 1.807) is 19.2 Å². The Labute approximate surface area is 196 Å². The van der Waals surface area contributed by atoms with Crippen LogP contribution in [0.5, 0.6) is 5.75 Å². The van der Waals surface area contributed by atoms with Crippen molar-refractivity contribution >= 4 is 38.7 Å². The molecule has 1 amide bonds. The van der Waals surface area contributed by atoms with Gasteiger partial charge in [-0.25, -0.2) is 8.42 Å². The van der Waals surface area contributed by atoms with Crippen LogP contribution in [0.25, 0.3) is 11.0 Å². The quantitative estimate of drug-likeness (QED) is 0.380. The number of fused-ring (bicyclic) bond motifs is 1. The van der Waals surface area contributed by atoms with Crippen molar-refractivity contribution in [1.29, 1.82) is 0 Å². The summed E-state index contributed by atoms with van der Waals surface area (Å²) in [5, 5.41) is 2.83. The first kappa shape index (κ1) is 22.8. The van der Waals surface area contributed by atoms with Crippen LogP contribution in [-0.4, -0.2) is 36.2 Å². The topological polar surface area (TPSA) is 110 Å². The molecule has 10 heteroatoms. The van der Waals surface area contributed by atoms with Gasteiger partial charge < -0.3 is 10.1 Å². The molecule has 1 aromatic heterocycles. The largest absolute Gasteiger partial charge is 0.497 e. The van der Waals surface area contributed by atoms with E-state index < -0.39 is 22.0 Å². The fraction of sp³-hybridized carbons (Fsp3) is 0.174. The molecular weight excluding hydrogens is 460 g/mol. The molecule has 0 saturated carbocycles. The minimum atomic E-state index is -4.04. The predicted octanol–water partition coefficient (Wildman–Crippen LogP) is 2.91. The van der Waals surface area contributed by atoms with Crippen molar-refractivity contribution in [1.82, 2.24) is 18.8 Å². The maximum Gasteiger partial charge on any atom is 0.243 e. The summed E-state index contributed by atoms with van der Waals surface area (Å²) in [6.07, 6.45) is 0.190. The van der Waals surface area contributed by atoms with Gasteiger partial charge in [0.05, 0.1) is 18.8 Å². The number of sulfonamides is 1. The van der Waals surface area contributed by atoms with Crippen molar-refractivity contribution < 1.29 is 17.9 Å². The number of aromatic nitrogens is 2. The SMILES string of the molecule is COc1cccc(CNC(=O)C(Cc2ccccc2)NS(=O)(=O)c2cccc3nsnc23)c1. The fourth-order valence-corrected chi connectivity index (χ4v) is 5.34. The summed E-state index contributed by atoms with van der Waals surface area (Å²) in [4.78, 5) is 13.1. The molecule has 0 spiro atoms. The van der Waals surface area contributed by atoms with Crippen LogP contribution >= 0.6 is 11.7 Å². The minimum Gasteiger partial charge on any atom is -0.497 e. The van der Waals surface area contributed by atoms with Crippen LogP contribution < -0.4 is 14.8 Å². The van der Waals surface area contributed by atoms with E-state index in [2.05, 4.69) is 18.8 Å². The van der Waals surface area contributed by atoms with Crippen LogP contribution in [-0.2, 0) is 27.8 Å². The van der Waals surface area contributed by atoms with Crippen molar-refractivity contribution in [2.75, 3.05) is 7.11 Å². The summed E-state index contributed by atoms with van der Waals surface area (Å²) >= 11 is 0.938. The summed E-state index contributed by atoms with van der Waals surface area (Å²) in [6.45, 7) is 0.231. The van der Waals surface area contributed by atoms with Crippen molar-refractivity contribution in [3.63, 3.8) is 0 Å². The van der Waals surface area contributed by atoms with E-state index in [9.17, 15) is 13.2 Å². The molecule has 0 aliphatic rings. The average Bonchev–Trinajstić information content (AvgIpc) is 3.31. The predicted molar refractivity (Wildman–Crippen MR) is 127 cm³/mol. The highest BCUT2D eigenvalue weighted by Gasteiger charge is 2.28. The van der Waals surface area contributed by atoms with Crippen molar-refractivity contribution in [3.8, 4) is 5.75 Å². The number of hydrogen-bond donors (Lipinski definition) is 2. The van der Waals surface area contributed by atoms with E-state index in [1.807, 2.05) is 54.6 Å². The summed E-state index contributed by atoms with van der Waals surface area (Å²) in [5.74, 6) is 0.238. The molecule has 4 aromatic rings. The third kappa shape index (κ3) is 5.54. The second kappa shape index (κ2) is 10.1. The zero-order valence-electron chi connectivity index (χ0n) is 17.8. The van der Waals surface area contributed by atoms with Gasteiger partial charge in [0.25, 0.3) is 0 Å². The molecule has 1 heterocycles. The highest BCUT2D eigenvalue weighted by atomic mass is 32.2. The molecule has 3 aromatic carbocycles. The first-order chi connectivity index (χ1) is 16.0. The summed E-state index contributed by atoms with van der Waals surface area (Å²) < 4.78 is 42.5. The lowest BCUT2D eigenvalue weighted by Crippen LogP contribution is -2.47. The molecule has 0 aliphatic carbocycles. The van der Waals surface area contributed by atoms with Crippen LogP contribution in [0.15, 0.2) is 77.7 Å². The first-order valence-electron chi connectivity index (χ1n) is 10.1. The lowest BCUT2D eigenvalue weighted by atomic mass is 10.1. The molecule has 33 heavy (non-hydrogen) atoms. The monoisotopic (exact) mass is 482 g/mol. The highest BCUT2D eigenvalue weighted by Crippen LogP contribution is 2.21. The lowest BCUT2D eigenvalue weighted by Gasteiger charge is -2.19. The number of benzene rings is 3. The molecule has 8 nitrogen and oxygen atoms in total. The van der Waals surface area contributed by atoms with E-state index in [0.717, 1.165) is 22.9 Å². The average molecular weight is 483 g/mol. The number of nitrogens with one attached hydrogen (secondary N) is 2. The Kier molecular flexibility index (Phi) is 6.97. The highest BCUT2D eigenvalue weighted by molar-refractivity contribution is 7.89. The Bertz CT molecular complexity index is 1360. The Morgan fingerprint density at radius 1 is 1.00 bits per heavy atom. The third-order valence-electron chi connectivity index (χ3n) is 5.04. The zero-order chi connectivity index (χ0) is 23.3. The smallest absolute Gasteiger partial charge is 0.243 e. The molecule has 0 fully saturated rings. The normalized spacial score (nSPS) is 12.4. The van der Waals surface area contributed by atoms with Gasteiger partial charge >= 0.3 is 0 Å². The minimum absolute atomic E-state index is 0.00703. The molecule has 1 atom stereocenters. The second-order valence-electron chi connectivity index (χ2n) is 7.32. The van der Waals surface area contributed by atoms with Gasteiger partial charge in [0.2, 0.25) is 15.9 Å². The van der Waals surface area contributed by atoms with Gasteiger partial charge in [-0.05, 0) is 41.8 Å². The summed E-state index contributed by atoms with van der Waals surface area (Å²) in [6, 6.07) is 20.3. The van der Waals surface area contributed by atoms with E-state index in [0.29, 0.717) is 11.3 Å². The molecule has 0 bridgehead atoms. The van der Waals surface area contributed by atoms with E-state index >= 15 is 0 Å². The number of carbonyl (C=O) groups excluding carboxylic acids is 1. The van der Waals surface area contributed by atoms with Crippen molar-refractivity contribution in [2.24, 2.45) is 0 Å². The Balaban J connectivity index is 1.57. The molecule has 1 unspecified atom stereocenters. The van der Waals surface area contributed by atoms with Crippen molar-refractivity contribution in [3.05, 3.63) is 83.9 Å². The van der Waals surface area contributed by atoms with Crippen LogP contribution in [0, 0.1) is 0 Å². The van der Waals surface area contributed by atoms with Crippen LogP contribution in [0.4, 0.5) is 0 Å². The third-order valence-corrected chi connectivity index (χ3v) is 7.08. The molecule has 170 valence electrons. The van der Waals surface area contributed by atoms with Gasteiger partial charge in [-0.1, -0.05) is 48.5 Å². The van der Waals surface area contributed by atoms with Crippen molar-refractivity contribution in [2.45, 2.75) is 23.9 Å². The van der Waals surface area contributed by atoms with Crippen LogP contribution in [0.2, 0.25) is 0 Å². The molecule has 0 radical (unpaired) electrons. The van der Waals surface area contributed by atoms with E-state index in [4.69, 9.17) is 4.74 Å². The fourth-order valence-electron chi connectivity index (χ4n) is 3.38. The van der Waals surface area contributed by atoms with E-state index in [-0.39, 0.29) is 23.4 Å². The molecule has 0 aliphatic heterocycles. The number of ether oxygens (including phenoxy) is 1. The summed E-state index contributed by atoms with van der Waals surface area (Å²) in [7, 11) is -2.47. The zero-order valence-corrected chi connectivity index (χ0v) is 19.4. The van der Waals surface area contributed by atoms with Gasteiger partial charge in [0.15, 0.2) is 0 Å². The Morgan fingerprint density at radius 3 is 2.55 bits per heavy atom. The molecule has 0 saturated heterocycles. The maximum atomic E-state index is 13.2. The standard InChI is InChI=1S/C23H22N4O4S2/c1-31-18-10-5-9-17(13-18)15-24-23(28)20(14-16-7-3-2-4-8-16)27-33(29,30)21-12-6-11-19-22(21)26-32-25-19/h2-13,20,27H,14-15H2,1H3,(H,24,28). The molecule has 2 N–H and O–H groups in total. The maximum absolute atomic E-state index is 13.2. The Morgan fingerprint density at radius 2 is 1.76 bits per heavy atom. The number of nitrogens with zero attached hydrogens (tertiary/aromatic N) is 2. The van der Waals surface area contributed by atoms with Gasteiger partial charge in [-0.15, -0.1) is 0 Å². The van der Waals surface area contributed by atoms with Gasteiger partial charge in [-0.2, -0.15) is 13.5 Å². The van der Waals surface area contributed by atoms with Crippen LogP contribution in [0.3, 0.4) is 0 Å². The van der Waals surface area contributed by atoms with E-state index in [1.165, 1.54) is 6.07 Å². The number of methoxy groups -OCH3 is 1. The van der Waals surface area contributed by atoms with Gasteiger partial charge in [-0.3, -0.25) is 4.79 Å². The second-order valence-corrected chi connectivity index (χ2v) is 9.53. The van der Waals surface area contributed by atoms with Gasteiger partial charge in [0, 0.05) is 6.54 Å². The Hall–Kier alpha value is -3.34. The number of rotatable bonds is 9. The molecular formula is C23H22N4O4S2. The van der Waals surface area contributed by atoms with Crippen LogP contribution in [0.1, 0.15) is 11.1 Å². The molecule has 4 rings (SSSR count). The first-order valence-corrected chi connectivity index (χ1v) is 12.4. The number of hydrogen-bond acceptors (Lipinski definition) is 7. The van der Waals surface area contributed by atoms with Gasteiger partial charge in [0.1, 0.15) is 27.7 Å². The number of carbonyl (C=O) groups is 1. The lowest BCUT2D eigenvalue weighted by molar-refractivity contribution is -0.122.